The first-order valence-electron chi connectivity index (χ1n) is 6.21. The second kappa shape index (κ2) is 6.05. The number of hydrogen-bond acceptors (Lipinski definition) is 3. The quantitative estimate of drug-likeness (QED) is 0.756. The van der Waals surface area contributed by atoms with Crippen molar-refractivity contribution in [3.05, 3.63) is 54.1 Å². The number of carbonyl (C=O) groups is 1. The van der Waals surface area contributed by atoms with Crippen molar-refractivity contribution >= 4 is 5.78 Å². The molecule has 0 amide bonds. The molecule has 98 valence electrons. The number of para-hydroxylation sites is 1. The first kappa shape index (κ1) is 13.1. The van der Waals surface area contributed by atoms with Gasteiger partial charge in [0.2, 0.25) is 0 Å². The zero-order valence-electron chi connectivity index (χ0n) is 11.1. The molecule has 0 heterocycles. The number of ether oxygens (including phenoxy) is 2. The Morgan fingerprint density at radius 3 is 2.53 bits per heavy atom. The molecule has 0 N–H and O–H groups in total. The van der Waals surface area contributed by atoms with Gasteiger partial charge in [-0.25, -0.2) is 0 Å². The van der Waals surface area contributed by atoms with Crippen molar-refractivity contribution < 1.29 is 14.3 Å². The van der Waals surface area contributed by atoms with E-state index in [2.05, 4.69) is 0 Å². The maximum absolute atomic E-state index is 11.5. The fourth-order valence-electron chi connectivity index (χ4n) is 1.77. The minimum Gasteiger partial charge on any atom is -0.494 e. The summed E-state index contributed by atoms with van der Waals surface area (Å²) in [4.78, 5) is 11.5. The third kappa shape index (κ3) is 3.35. The van der Waals surface area contributed by atoms with Gasteiger partial charge in [-0.15, -0.1) is 0 Å². The lowest BCUT2D eigenvalue weighted by Gasteiger charge is -2.10. The normalized spacial score (nSPS) is 10.0. The fourth-order valence-corrected chi connectivity index (χ4v) is 1.77. The van der Waals surface area contributed by atoms with Crippen molar-refractivity contribution in [1.29, 1.82) is 0 Å². The van der Waals surface area contributed by atoms with Crippen LogP contribution in [0, 0.1) is 0 Å². The standard InChI is InChI=1S/C16H16O3/c1-3-18-13-7-6-8-14(11-13)19-16-10-5-4-9-15(16)12(2)17/h4-11H,3H2,1-2H3. The van der Waals surface area contributed by atoms with Crippen molar-refractivity contribution in [2.75, 3.05) is 6.61 Å². The number of benzene rings is 2. The van der Waals surface area contributed by atoms with Gasteiger partial charge < -0.3 is 9.47 Å². The van der Waals surface area contributed by atoms with E-state index in [0.717, 1.165) is 5.75 Å². The van der Waals surface area contributed by atoms with Gasteiger partial charge in [-0.1, -0.05) is 18.2 Å². The highest BCUT2D eigenvalue weighted by atomic mass is 16.5. The van der Waals surface area contributed by atoms with Gasteiger partial charge >= 0.3 is 0 Å². The molecule has 2 rings (SSSR count). The Morgan fingerprint density at radius 2 is 1.79 bits per heavy atom. The topological polar surface area (TPSA) is 35.5 Å². The molecule has 19 heavy (non-hydrogen) atoms. The number of hydrogen-bond donors (Lipinski definition) is 0. The molecule has 3 heteroatoms. The molecule has 0 saturated heterocycles. The second-order valence-corrected chi connectivity index (χ2v) is 4.06. The molecule has 0 aliphatic heterocycles. The van der Waals surface area contributed by atoms with Crippen LogP contribution in [0.2, 0.25) is 0 Å². The molecule has 2 aromatic carbocycles. The predicted molar refractivity (Wildman–Crippen MR) is 74.1 cm³/mol. The summed E-state index contributed by atoms with van der Waals surface area (Å²) in [6.07, 6.45) is 0. The second-order valence-electron chi connectivity index (χ2n) is 4.06. The van der Waals surface area contributed by atoms with Gasteiger partial charge in [0.05, 0.1) is 12.2 Å². The van der Waals surface area contributed by atoms with Crippen molar-refractivity contribution in [3.63, 3.8) is 0 Å². The lowest BCUT2D eigenvalue weighted by atomic mass is 10.1. The van der Waals surface area contributed by atoms with Crippen LogP contribution < -0.4 is 9.47 Å². The number of Topliss-reactive ketones (excluding diaryl/α,β-unsaturated/α-hetero) is 1. The molecule has 0 aromatic heterocycles. The summed E-state index contributed by atoms with van der Waals surface area (Å²) in [7, 11) is 0. The Balaban J connectivity index is 2.26. The van der Waals surface area contributed by atoms with E-state index >= 15 is 0 Å². The van der Waals surface area contributed by atoms with E-state index in [0.29, 0.717) is 23.7 Å². The maximum Gasteiger partial charge on any atom is 0.163 e. The Morgan fingerprint density at radius 1 is 1.05 bits per heavy atom. The summed E-state index contributed by atoms with van der Waals surface area (Å²) in [6.45, 7) is 4.06. The van der Waals surface area contributed by atoms with E-state index in [1.165, 1.54) is 6.92 Å². The van der Waals surface area contributed by atoms with E-state index in [-0.39, 0.29) is 5.78 Å². The van der Waals surface area contributed by atoms with Crippen LogP contribution >= 0.6 is 0 Å². The average molecular weight is 256 g/mol. The Hall–Kier alpha value is -2.29. The first-order valence-corrected chi connectivity index (χ1v) is 6.21. The lowest BCUT2D eigenvalue weighted by molar-refractivity contribution is 0.101. The highest BCUT2D eigenvalue weighted by molar-refractivity contribution is 5.96. The Labute approximate surface area is 112 Å². The van der Waals surface area contributed by atoms with Crippen molar-refractivity contribution in [3.8, 4) is 17.2 Å². The van der Waals surface area contributed by atoms with Crippen LogP contribution in [0.4, 0.5) is 0 Å². The number of rotatable bonds is 5. The molecule has 0 bridgehead atoms. The van der Waals surface area contributed by atoms with E-state index in [1.807, 2.05) is 37.3 Å². The smallest absolute Gasteiger partial charge is 0.163 e. The van der Waals surface area contributed by atoms with Gasteiger partial charge in [0.25, 0.3) is 0 Å². The Kier molecular flexibility index (Phi) is 4.18. The van der Waals surface area contributed by atoms with Gasteiger partial charge in [-0.3, -0.25) is 4.79 Å². The van der Waals surface area contributed by atoms with Gasteiger partial charge in [0.15, 0.2) is 5.78 Å². The zero-order chi connectivity index (χ0) is 13.7. The van der Waals surface area contributed by atoms with Crippen LogP contribution in [-0.4, -0.2) is 12.4 Å². The van der Waals surface area contributed by atoms with E-state index in [4.69, 9.17) is 9.47 Å². The maximum atomic E-state index is 11.5. The van der Waals surface area contributed by atoms with Crippen LogP contribution in [0.3, 0.4) is 0 Å². The van der Waals surface area contributed by atoms with Gasteiger partial charge in [0.1, 0.15) is 17.2 Å². The van der Waals surface area contributed by atoms with Crippen molar-refractivity contribution in [2.45, 2.75) is 13.8 Å². The van der Waals surface area contributed by atoms with Crippen molar-refractivity contribution in [2.24, 2.45) is 0 Å². The number of carbonyl (C=O) groups excluding carboxylic acids is 1. The third-order valence-corrected chi connectivity index (χ3v) is 2.61. The minimum absolute atomic E-state index is 0.0171. The molecule has 0 radical (unpaired) electrons. The monoisotopic (exact) mass is 256 g/mol. The summed E-state index contributed by atoms with van der Waals surface area (Å²) >= 11 is 0. The highest BCUT2D eigenvalue weighted by Crippen LogP contribution is 2.28. The van der Waals surface area contributed by atoms with Crippen molar-refractivity contribution in [1.82, 2.24) is 0 Å². The molecule has 0 aliphatic rings. The van der Waals surface area contributed by atoms with E-state index in [9.17, 15) is 4.79 Å². The van der Waals surface area contributed by atoms with Crippen LogP contribution in [0.1, 0.15) is 24.2 Å². The predicted octanol–water partition coefficient (Wildman–Crippen LogP) is 4.08. The number of ketones is 1. The molecular weight excluding hydrogens is 240 g/mol. The largest absolute Gasteiger partial charge is 0.494 e. The van der Waals surface area contributed by atoms with Gasteiger partial charge in [-0.05, 0) is 38.1 Å². The molecular formula is C16H16O3. The summed E-state index contributed by atoms with van der Waals surface area (Å²) in [5.41, 5.74) is 0.573. The van der Waals surface area contributed by atoms with E-state index < -0.39 is 0 Å². The third-order valence-electron chi connectivity index (χ3n) is 2.61. The molecule has 0 atom stereocenters. The van der Waals surface area contributed by atoms with E-state index in [1.54, 1.807) is 18.2 Å². The van der Waals surface area contributed by atoms with Crippen LogP contribution in [0.25, 0.3) is 0 Å². The van der Waals surface area contributed by atoms with Gasteiger partial charge in [-0.2, -0.15) is 0 Å². The molecule has 2 aromatic rings. The molecule has 0 saturated carbocycles. The molecule has 0 unspecified atom stereocenters. The molecule has 0 aliphatic carbocycles. The summed E-state index contributed by atoms with van der Waals surface area (Å²) in [5, 5.41) is 0. The fraction of sp³-hybridized carbons (Fsp3) is 0.188. The Bertz CT molecular complexity index is 576. The zero-order valence-corrected chi connectivity index (χ0v) is 11.1. The molecule has 0 spiro atoms. The first-order chi connectivity index (χ1) is 9.20. The lowest BCUT2D eigenvalue weighted by Crippen LogP contribution is -1.97. The van der Waals surface area contributed by atoms with Gasteiger partial charge in [0, 0.05) is 6.07 Å². The van der Waals surface area contributed by atoms with Crippen LogP contribution in [0.15, 0.2) is 48.5 Å². The molecule has 0 fully saturated rings. The minimum atomic E-state index is -0.0171. The summed E-state index contributed by atoms with van der Waals surface area (Å²) in [6, 6.07) is 14.6. The SMILES string of the molecule is CCOc1cccc(Oc2ccccc2C(C)=O)c1. The average Bonchev–Trinajstić information content (AvgIpc) is 2.40. The summed E-state index contributed by atoms with van der Waals surface area (Å²) in [5.74, 6) is 1.94. The highest BCUT2D eigenvalue weighted by Gasteiger charge is 2.08. The van der Waals surface area contributed by atoms with Crippen LogP contribution in [-0.2, 0) is 0 Å². The molecule has 3 nitrogen and oxygen atoms in total. The van der Waals surface area contributed by atoms with Crippen LogP contribution in [0.5, 0.6) is 17.2 Å². The summed E-state index contributed by atoms with van der Waals surface area (Å²) < 4.78 is 11.2.